The van der Waals surface area contributed by atoms with Gasteiger partial charge in [-0.05, 0) is 27.0 Å². The largest absolute Gasteiger partial charge is 0.480 e. The van der Waals surface area contributed by atoms with E-state index in [-0.39, 0.29) is 19.0 Å². The minimum atomic E-state index is -1.13. The first-order valence-corrected chi connectivity index (χ1v) is 8.54. The summed E-state index contributed by atoms with van der Waals surface area (Å²) in [5, 5.41) is 9.34. The lowest BCUT2D eigenvalue weighted by Gasteiger charge is -2.39. The highest BCUT2D eigenvalue weighted by atomic mass is 32.2. The molecule has 1 aliphatic heterocycles. The van der Waals surface area contributed by atoms with E-state index < -0.39 is 23.7 Å². The first-order chi connectivity index (χ1) is 10.2. The van der Waals surface area contributed by atoms with Crippen molar-refractivity contribution in [3.8, 4) is 0 Å². The number of carbonyl (C=O) groups is 3. The fourth-order valence-corrected chi connectivity index (χ4v) is 2.49. The Morgan fingerprint density at radius 2 is 1.91 bits per heavy atom. The number of carboxylic acid groups (broad SMARTS) is 1. The molecule has 22 heavy (non-hydrogen) atoms. The number of amides is 2. The summed E-state index contributed by atoms with van der Waals surface area (Å²) in [6.07, 6.45) is 1.63. The molecule has 0 bridgehead atoms. The number of carbonyl (C=O) groups excluding carboxylic acids is 2. The lowest BCUT2D eigenvalue weighted by atomic mass is 10.1. The van der Waals surface area contributed by atoms with Crippen LogP contribution in [0, 0.1) is 0 Å². The van der Waals surface area contributed by atoms with E-state index >= 15 is 0 Å². The summed E-state index contributed by atoms with van der Waals surface area (Å²) >= 11 is 1.56. The fraction of sp³-hybridized carbons (Fsp3) is 0.786. The van der Waals surface area contributed by atoms with Crippen molar-refractivity contribution in [3.63, 3.8) is 0 Å². The predicted octanol–water partition coefficient (Wildman–Crippen LogP) is 1.27. The van der Waals surface area contributed by atoms with Gasteiger partial charge in [-0.1, -0.05) is 0 Å². The smallest absolute Gasteiger partial charge is 0.411 e. The molecule has 1 atom stereocenters. The Kier molecular flexibility index (Phi) is 6.52. The van der Waals surface area contributed by atoms with Gasteiger partial charge in [0.15, 0.2) is 0 Å². The van der Waals surface area contributed by atoms with Gasteiger partial charge in [0.25, 0.3) is 0 Å². The Bertz CT molecular complexity index is 435. The number of hydrogen-bond acceptors (Lipinski definition) is 5. The first kappa shape index (κ1) is 18.6. The van der Waals surface area contributed by atoms with Gasteiger partial charge in [-0.3, -0.25) is 9.69 Å². The van der Waals surface area contributed by atoms with Gasteiger partial charge in [-0.15, -0.1) is 0 Å². The highest BCUT2D eigenvalue weighted by Gasteiger charge is 2.38. The number of carboxylic acids is 1. The van der Waals surface area contributed by atoms with Crippen LogP contribution in [0.5, 0.6) is 0 Å². The Hall–Kier alpha value is -1.44. The van der Waals surface area contributed by atoms with E-state index in [1.54, 1.807) is 32.5 Å². The Morgan fingerprint density at radius 3 is 2.41 bits per heavy atom. The Labute approximate surface area is 135 Å². The van der Waals surface area contributed by atoms with Crippen molar-refractivity contribution in [1.29, 1.82) is 0 Å². The first-order valence-electron chi connectivity index (χ1n) is 7.15. The van der Waals surface area contributed by atoms with Crippen molar-refractivity contribution in [2.24, 2.45) is 0 Å². The van der Waals surface area contributed by atoms with E-state index in [1.165, 1.54) is 9.80 Å². The average molecular weight is 332 g/mol. The lowest BCUT2D eigenvalue weighted by Crippen LogP contribution is -2.60. The third-order valence-electron chi connectivity index (χ3n) is 3.17. The number of ether oxygens (including phenoxy) is 1. The van der Waals surface area contributed by atoms with Gasteiger partial charge in [-0.25, -0.2) is 9.59 Å². The third-order valence-corrected chi connectivity index (χ3v) is 3.78. The quantitative estimate of drug-likeness (QED) is 0.834. The molecule has 1 rings (SSSR count). The predicted molar refractivity (Wildman–Crippen MR) is 83.9 cm³/mol. The van der Waals surface area contributed by atoms with Gasteiger partial charge in [0.2, 0.25) is 5.91 Å². The molecule has 1 N–H and O–H groups in total. The Morgan fingerprint density at radius 1 is 1.27 bits per heavy atom. The van der Waals surface area contributed by atoms with Crippen molar-refractivity contribution in [2.45, 2.75) is 38.8 Å². The molecule has 1 aliphatic rings. The molecule has 1 saturated heterocycles. The molecule has 0 aromatic carbocycles. The van der Waals surface area contributed by atoms with Crippen molar-refractivity contribution in [1.82, 2.24) is 9.80 Å². The van der Waals surface area contributed by atoms with Crippen LogP contribution >= 0.6 is 11.8 Å². The molecule has 0 spiro atoms. The molecule has 1 unspecified atom stereocenters. The maximum Gasteiger partial charge on any atom is 0.411 e. The molecule has 7 nitrogen and oxygen atoms in total. The molecular weight excluding hydrogens is 308 g/mol. The van der Waals surface area contributed by atoms with Crippen LogP contribution in [-0.4, -0.2) is 76.2 Å². The average Bonchev–Trinajstić information content (AvgIpc) is 2.42. The number of thioether (sulfide) groups is 1. The van der Waals surface area contributed by atoms with Crippen molar-refractivity contribution in [3.05, 3.63) is 0 Å². The summed E-state index contributed by atoms with van der Waals surface area (Å²) in [6, 6.07) is -1.07. The van der Waals surface area contributed by atoms with Gasteiger partial charge < -0.3 is 14.7 Å². The minimum Gasteiger partial charge on any atom is -0.480 e. The SMILES string of the molecule is CSCCC(=O)N1CCN(C(=O)OC(C)(C)C)C(C(=O)O)C1. The monoisotopic (exact) mass is 332 g/mol. The second kappa shape index (κ2) is 7.71. The summed E-state index contributed by atoms with van der Waals surface area (Å²) in [4.78, 5) is 38.2. The minimum absolute atomic E-state index is 0.00178. The van der Waals surface area contributed by atoms with E-state index in [2.05, 4.69) is 0 Å². The second-order valence-electron chi connectivity index (χ2n) is 6.11. The van der Waals surface area contributed by atoms with Crippen LogP contribution in [0.1, 0.15) is 27.2 Å². The van der Waals surface area contributed by atoms with Gasteiger partial charge in [0.1, 0.15) is 11.6 Å². The third kappa shape index (κ3) is 5.40. The maximum absolute atomic E-state index is 12.1. The Balaban J connectivity index is 2.74. The van der Waals surface area contributed by atoms with Crippen molar-refractivity contribution in [2.75, 3.05) is 31.6 Å². The molecule has 0 radical (unpaired) electrons. The molecule has 0 aliphatic carbocycles. The van der Waals surface area contributed by atoms with Gasteiger partial charge in [0, 0.05) is 25.3 Å². The van der Waals surface area contributed by atoms with E-state index in [9.17, 15) is 19.5 Å². The standard InChI is InChI=1S/C14H24N2O5S/c1-14(2,3)21-13(20)16-7-6-15(9-10(16)12(18)19)11(17)5-8-22-4/h10H,5-9H2,1-4H3,(H,18,19). The van der Waals surface area contributed by atoms with Gasteiger partial charge >= 0.3 is 12.1 Å². The second-order valence-corrected chi connectivity index (χ2v) is 7.10. The molecule has 0 saturated carbocycles. The van der Waals surface area contributed by atoms with Crippen molar-refractivity contribution < 1.29 is 24.2 Å². The topological polar surface area (TPSA) is 87.2 Å². The molecule has 1 fully saturated rings. The number of nitrogens with zero attached hydrogens (tertiary/aromatic N) is 2. The highest BCUT2D eigenvalue weighted by Crippen LogP contribution is 2.17. The number of piperazine rings is 1. The fourth-order valence-electron chi connectivity index (χ4n) is 2.11. The van der Waals surface area contributed by atoms with Crippen LogP contribution in [-0.2, 0) is 14.3 Å². The van der Waals surface area contributed by atoms with Crippen LogP contribution in [0.2, 0.25) is 0 Å². The number of rotatable bonds is 4. The van der Waals surface area contributed by atoms with Gasteiger partial charge in [0.05, 0.1) is 6.54 Å². The van der Waals surface area contributed by atoms with E-state index in [0.29, 0.717) is 18.7 Å². The van der Waals surface area contributed by atoms with Crippen LogP contribution < -0.4 is 0 Å². The summed E-state index contributed by atoms with van der Waals surface area (Å²) in [6.45, 7) is 5.67. The zero-order valence-corrected chi connectivity index (χ0v) is 14.3. The summed E-state index contributed by atoms with van der Waals surface area (Å²) in [7, 11) is 0. The van der Waals surface area contributed by atoms with E-state index in [1.807, 2.05) is 6.26 Å². The molecular formula is C14H24N2O5S. The molecule has 0 aromatic heterocycles. The molecule has 126 valence electrons. The van der Waals surface area contributed by atoms with E-state index in [0.717, 1.165) is 0 Å². The van der Waals surface area contributed by atoms with Crippen molar-refractivity contribution >= 4 is 29.7 Å². The highest BCUT2D eigenvalue weighted by molar-refractivity contribution is 7.98. The van der Waals surface area contributed by atoms with Gasteiger partial charge in [-0.2, -0.15) is 11.8 Å². The van der Waals surface area contributed by atoms with Crippen LogP contribution in [0.4, 0.5) is 4.79 Å². The molecule has 2 amide bonds. The summed E-state index contributed by atoms with van der Waals surface area (Å²) in [5.41, 5.74) is -0.689. The van der Waals surface area contributed by atoms with Crippen LogP contribution in [0.3, 0.4) is 0 Å². The summed E-state index contributed by atoms with van der Waals surface area (Å²) < 4.78 is 5.24. The summed E-state index contributed by atoms with van der Waals surface area (Å²) in [5.74, 6) is -0.513. The zero-order valence-electron chi connectivity index (χ0n) is 13.5. The van der Waals surface area contributed by atoms with Crippen LogP contribution in [0.15, 0.2) is 0 Å². The molecule has 8 heteroatoms. The lowest BCUT2D eigenvalue weighted by molar-refractivity contribution is -0.148. The van der Waals surface area contributed by atoms with E-state index in [4.69, 9.17) is 4.74 Å². The molecule has 0 aromatic rings. The normalized spacial score (nSPS) is 19.0. The molecule has 1 heterocycles. The van der Waals surface area contributed by atoms with Crippen LogP contribution in [0.25, 0.3) is 0 Å². The number of hydrogen-bond donors (Lipinski definition) is 1. The number of aliphatic carboxylic acids is 1. The zero-order chi connectivity index (χ0) is 16.9. The maximum atomic E-state index is 12.1.